The number of fused-ring (bicyclic) bond motifs is 1. The molecule has 1 aromatic carbocycles. The molecule has 1 aliphatic heterocycles. The molecule has 11 heteroatoms. The minimum absolute atomic E-state index is 0.112. The molecule has 4 aromatic rings. The topological polar surface area (TPSA) is 111 Å². The van der Waals surface area contributed by atoms with Crippen LogP contribution in [0.1, 0.15) is 97.0 Å². The molecule has 4 heterocycles. The highest BCUT2D eigenvalue weighted by Gasteiger charge is 2.40. The summed E-state index contributed by atoms with van der Waals surface area (Å²) < 4.78 is 24.1. The van der Waals surface area contributed by atoms with Gasteiger partial charge in [0.2, 0.25) is 0 Å². The number of benzene rings is 1. The number of hydrogen-bond donors (Lipinski definition) is 2. The fraction of sp³-hybridized carbons (Fsp3) is 0.553. The van der Waals surface area contributed by atoms with Crippen LogP contribution < -0.4 is 4.72 Å². The number of rotatable bonds is 11. The van der Waals surface area contributed by atoms with Gasteiger partial charge in [0.05, 0.1) is 35.4 Å². The van der Waals surface area contributed by atoms with E-state index >= 15 is 0 Å². The van der Waals surface area contributed by atoms with E-state index in [2.05, 4.69) is 62.7 Å². The molecule has 0 saturated carbocycles. The lowest BCUT2D eigenvalue weighted by atomic mass is 9.86. The second kappa shape index (κ2) is 14.5. The van der Waals surface area contributed by atoms with Crippen LogP contribution >= 0.6 is 0 Å². The molecule has 9 nitrogen and oxygen atoms in total. The molecule has 2 N–H and O–H groups in total. The third-order valence-electron chi connectivity index (χ3n) is 10.2. The van der Waals surface area contributed by atoms with Crippen LogP contribution in [-0.2, 0) is 28.1 Å². The monoisotopic (exact) mass is 704 g/mol. The van der Waals surface area contributed by atoms with E-state index in [1.807, 2.05) is 75.0 Å². The first kappa shape index (κ1) is 37.6. The fourth-order valence-electron chi connectivity index (χ4n) is 6.00. The molecule has 5 rings (SSSR count). The maximum Gasteiger partial charge on any atom is 0.200 e. The van der Waals surface area contributed by atoms with E-state index in [0.717, 1.165) is 59.6 Å². The van der Waals surface area contributed by atoms with Crippen LogP contribution in [0.25, 0.3) is 28.0 Å². The molecular formula is C38H56N6O3SSi. The summed E-state index contributed by atoms with van der Waals surface area (Å²) in [5.41, 5.74) is 3.69. The predicted molar refractivity (Wildman–Crippen MR) is 203 cm³/mol. The molecular weight excluding hydrogens is 649 g/mol. The number of aromatic nitrogens is 4. The van der Waals surface area contributed by atoms with E-state index in [-0.39, 0.29) is 5.04 Å². The molecule has 0 spiro atoms. The molecule has 1 saturated heterocycles. The minimum atomic E-state index is -1.95. The Balaban J connectivity index is 1.59. The standard InChI is InChI=1S/C38H56N6O3SSi/c1-11-20-38(45,42-48(46)36(2,3)4)34-16-13-15-32(41-34)28-23-30(27-18-21-43(8)22-19-27)31-25-39-44(33(31)24-28)35-17-12-14-29(40-35)26-47-49(9,10)37(5,6)7/h12-17,23-25,27,42,45H,11,18-22,26H2,1-10H3/t38?,48-/m1/s1. The summed E-state index contributed by atoms with van der Waals surface area (Å²) in [5, 5.41) is 18.0. The molecule has 0 bridgehead atoms. The number of nitrogens with zero attached hydrogens (tertiary/aromatic N) is 5. The summed E-state index contributed by atoms with van der Waals surface area (Å²) in [5.74, 6) is 1.12. The van der Waals surface area contributed by atoms with Crippen LogP contribution in [0.15, 0.2) is 54.7 Å². The molecule has 266 valence electrons. The number of hydrogen-bond acceptors (Lipinski definition) is 8. The van der Waals surface area contributed by atoms with E-state index in [0.29, 0.717) is 31.1 Å². The van der Waals surface area contributed by atoms with Gasteiger partial charge in [0.25, 0.3) is 0 Å². The molecule has 49 heavy (non-hydrogen) atoms. The lowest BCUT2D eigenvalue weighted by Crippen LogP contribution is -2.51. The quantitative estimate of drug-likeness (QED) is 0.0924. The van der Waals surface area contributed by atoms with Gasteiger partial charge in [0.1, 0.15) is 4.75 Å². The molecule has 1 aliphatic rings. The highest BCUT2D eigenvalue weighted by molar-refractivity contribution is 7.90. The smallest absolute Gasteiger partial charge is 0.200 e. The maximum atomic E-state index is 13.2. The third-order valence-corrected chi connectivity index (χ3v) is 16.3. The Labute approximate surface area is 297 Å². The average molecular weight is 705 g/mol. The number of piperidine rings is 1. The van der Waals surface area contributed by atoms with Gasteiger partial charge in [-0.1, -0.05) is 46.2 Å². The van der Waals surface area contributed by atoms with Gasteiger partial charge in [-0.3, -0.25) is 0 Å². The van der Waals surface area contributed by atoms with Crippen LogP contribution in [0, 0.1) is 0 Å². The highest BCUT2D eigenvalue weighted by Crippen LogP contribution is 2.39. The van der Waals surface area contributed by atoms with E-state index in [1.165, 1.54) is 5.56 Å². The lowest BCUT2D eigenvalue weighted by Gasteiger charge is -2.36. The number of likely N-dealkylation sites (tertiary alicyclic amines) is 1. The number of nitrogens with one attached hydrogen (secondary N) is 1. The largest absolute Gasteiger partial charge is 0.598 e. The molecule has 0 aliphatic carbocycles. The Morgan fingerprint density at radius 1 is 1.02 bits per heavy atom. The summed E-state index contributed by atoms with van der Waals surface area (Å²) in [6.07, 6.45) is 5.16. The Morgan fingerprint density at radius 2 is 1.71 bits per heavy atom. The van der Waals surface area contributed by atoms with Crippen molar-refractivity contribution < 1.29 is 14.1 Å². The Morgan fingerprint density at radius 3 is 2.37 bits per heavy atom. The average Bonchev–Trinajstić information content (AvgIpc) is 3.47. The van der Waals surface area contributed by atoms with Gasteiger partial charge in [0, 0.05) is 22.3 Å². The van der Waals surface area contributed by atoms with Gasteiger partial charge >= 0.3 is 0 Å². The van der Waals surface area contributed by atoms with E-state index in [4.69, 9.17) is 19.5 Å². The summed E-state index contributed by atoms with van der Waals surface area (Å²) in [7, 11) is 0.236. The summed E-state index contributed by atoms with van der Waals surface area (Å²) in [6.45, 7) is 21.5. The van der Waals surface area contributed by atoms with Crippen molar-refractivity contribution in [2.24, 2.45) is 0 Å². The zero-order chi connectivity index (χ0) is 35.8. The second-order valence-corrected chi connectivity index (χ2v) is 22.9. The van der Waals surface area contributed by atoms with E-state index < -0.39 is 30.2 Å². The van der Waals surface area contributed by atoms with Crippen molar-refractivity contribution >= 4 is 30.6 Å². The van der Waals surface area contributed by atoms with Gasteiger partial charge in [-0.2, -0.15) is 5.10 Å². The predicted octanol–water partition coefficient (Wildman–Crippen LogP) is 7.81. The summed E-state index contributed by atoms with van der Waals surface area (Å²) in [6, 6.07) is 16.1. The van der Waals surface area contributed by atoms with E-state index in [1.54, 1.807) is 0 Å². The summed E-state index contributed by atoms with van der Waals surface area (Å²) >= 11 is -1.49. The van der Waals surface area contributed by atoms with Gasteiger partial charge in [-0.25, -0.2) is 14.6 Å². The van der Waals surface area contributed by atoms with Crippen LogP contribution in [0.5, 0.6) is 0 Å². The van der Waals surface area contributed by atoms with Crippen molar-refractivity contribution in [2.75, 3.05) is 20.1 Å². The van der Waals surface area contributed by atoms with Crippen LogP contribution in [0.4, 0.5) is 0 Å². The van der Waals surface area contributed by atoms with Crippen LogP contribution in [0.3, 0.4) is 0 Å². The third kappa shape index (κ3) is 8.47. The normalized spacial score (nSPS) is 17.4. The van der Waals surface area contributed by atoms with Crippen LogP contribution in [0.2, 0.25) is 18.1 Å². The number of aliphatic hydroxyl groups is 1. The first-order chi connectivity index (χ1) is 22.9. The molecule has 1 fully saturated rings. The first-order valence-corrected chi connectivity index (χ1v) is 21.7. The number of pyridine rings is 2. The van der Waals surface area contributed by atoms with Crippen molar-refractivity contribution in [3.05, 3.63) is 71.7 Å². The van der Waals surface area contributed by atoms with Crippen molar-refractivity contribution in [2.45, 2.75) is 115 Å². The Kier molecular flexibility index (Phi) is 11.2. The Bertz CT molecular complexity index is 1740. The molecule has 2 atom stereocenters. The van der Waals surface area contributed by atoms with Crippen molar-refractivity contribution in [3.63, 3.8) is 0 Å². The van der Waals surface area contributed by atoms with Gasteiger partial charge < -0.3 is 19.0 Å². The minimum Gasteiger partial charge on any atom is -0.598 e. The van der Waals surface area contributed by atoms with E-state index in [9.17, 15) is 9.66 Å². The van der Waals surface area contributed by atoms with Crippen molar-refractivity contribution in [1.82, 2.24) is 29.4 Å². The van der Waals surface area contributed by atoms with Crippen LogP contribution in [-0.4, -0.2) is 67.5 Å². The Hall–Kier alpha value is -2.64. The fourth-order valence-corrected chi connectivity index (χ4v) is 7.76. The van der Waals surface area contributed by atoms with Gasteiger partial charge in [-0.05, 0) is 126 Å². The molecule has 1 unspecified atom stereocenters. The lowest BCUT2D eigenvalue weighted by molar-refractivity contribution is 0.0101. The zero-order valence-corrected chi connectivity index (χ0v) is 32.9. The molecule has 0 radical (unpaired) electrons. The SMILES string of the molecule is CCCC(O)(N[S@+]([O-])C(C)(C)C)c1cccc(-c2cc(C3CCN(C)CC3)c3cnn(-c4cccc(CO[Si](C)(C)C(C)(C)C)n4)c3c2)n1. The second-order valence-electron chi connectivity index (χ2n) is 16.2. The first-order valence-electron chi connectivity index (χ1n) is 17.6. The zero-order valence-electron chi connectivity index (χ0n) is 31.1. The van der Waals surface area contributed by atoms with Crippen molar-refractivity contribution in [3.8, 4) is 17.1 Å². The van der Waals surface area contributed by atoms with Crippen molar-refractivity contribution in [1.29, 1.82) is 0 Å². The van der Waals surface area contributed by atoms with Gasteiger partial charge in [0.15, 0.2) is 19.9 Å². The highest BCUT2D eigenvalue weighted by atomic mass is 32.2. The molecule has 3 aromatic heterocycles. The van der Waals surface area contributed by atoms with Gasteiger partial charge in [-0.15, -0.1) is 4.72 Å². The molecule has 0 amide bonds. The summed E-state index contributed by atoms with van der Waals surface area (Å²) in [4.78, 5) is 12.4. The maximum absolute atomic E-state index is 13.2.